The molecule has 0 unspecified atom stereocenters. The highest BCUT2D eigenvalue weighted by molar-refractivity contribution is 5.14. The molecule has 0 aromatic carbocycles. The van der Waals surface area contributed by atoms with Crippen LogP contribution in [0.4, 0.5) is 0 Å². The molecule has 0 bridgehead atoms. The topological polar surface area (TPSA) is 3.24 Å². The fraction of sp³-hybridized carbons (Fsp3) is 0.600. The predicted molar refractivity (Wildman–Crippen MR) is 49.3 cm³/mol. The Labute approximate surface area is 69.4 Å². The predicted octanol–water partition coefficient (Wildman–Crippen LogP) is 2.42. The van der Waals surface area contributed by atoms with E-state index in [0.717, 1.165) is 18.8 Å². The van der Waals surface area contributed by atoms with Crippen LogP contribution < -0.4 is 0 Å². The number of allylic oxidation sites excluding steroid dienone is 1. The van der Waals surface area contributed by atoms with E-state index < -0.39 is 0 Å². The van der Waals surface area contributed by atoms with Crippen LogP contribution in [-0.2, 0) is 0 Å². The number of hydrogen-bond acceptors (Lipinski definition) is 1. The van der Waals surface area contributed by atoms with Gasteiger partial charge in [0.25, 0.3) is 0 Å². The van der Waals surface area contributed by atoms with E-state index in [1.54, 1.807) is 0 Å². The summed E-state index contributed by atoms with van der Waals surface area (Å²) < 4.78 is 0. The van der Waals surface area contributed by atoms with Gasteiger partial charge in [-0.2, -0.15) is 0 Å². The third kappa shape index (κ3) is 1.47. The van der Waals surface area contributed by atoms with E-state index in [1.807, 2.05) is 6.08 Å². The summed E-state index contributed by atoms with van der Waals surface area (Å²) in [5, 5.41) is 0. The van der Waals surface area contributed by atoms with Gasteiger partial charge in [-0.05, 0) is 12.5 Å². The lowest BCUT2D eigenvalue weighted by Gasteiger charge is -2.49. The Bertz CT molecular complexity index is 175. The van der Waals surface area contributed by atoms with Gasteiger partial charge in [0.15, 0.2) is 0 Å². The average molecular weight is 151 g/mol. The molecule has 0 radical (unpaired) electrons. The Morgan fingerprint density at radius 3 is 2.55 bits per heavy atom. The molecule has 0 aromatic rings. The summed E-state index contributed by atoms with van der Waals surface area (Å²) in [6.07, 6.45) is 3.09. The van der Waals surface area contributed by atoms with Crippen LogP contribution in [0, 0.1) is 5.41 Å². The summed E-state index contributed by atoms with van der Waals surface area (Å²) in [5.74, 6) is 0. The Hall–Kier alpha value is -0.720. The monoisotopic (exact) mass is 151 g/mol. The van der Waals surface area contributed by atoms with Gasteiger partial charge in [-0.15, -0.1) is 0 Å². The van der Waals surface area contributed by atoms with E-state index >= 15 is 0 Å². The zero-order valence-corrected chi connectivity index (χ0v) is 7.56. The maximum Gasteiger partial charge on any atom is 0.0287 e. The molecule has 0 aliphatic carbocycles. The lowest BCUT2D eigenvalue weighted by Crippen LogP contribution is -2.52. The van der Waals surface area contributed by atoms with Crippen LogP contribution >= 0.6 is 0 Å². The van der Waals surface area contributed by atoms with Crippen molar-refractivity contribution in [3.8, 4) is 0 Å². The molecule has 0 saturated carbocycles. The van der Waals surface area contributed by atoms with E-state index in [4.69, 9.17) is 0 Å². The first-order valence-electron chi connectivity index (χ1n) is 4.17. The van der Waals surface area contributed by atoms with Gasteiger partial charge in [-0.3, -0.25) is 0 Å². The summed E-state index contributed by atoms with van der Waals surface area (Å²) in [6.45, 7) is 14.5. The van der Waals surface area contributed by atoms with Gasteiger partial charge in [-0.1, -0.05) is 27.0 Å². The van der Waals surface area contributed by atoms with Gasteiger partial charge >= 0.3 is 0 Å². The Kier molecular flexibility index (Phi) is 2.08. The highest BCUT2D eigenvalue weighted by atomic mass is 15.2. The van der Waals surface area contributed by atoms with Crippen molar-refractivity contribution in [2.75, 3.05) is 13.1 Å². The second-order valence-electron chi connectivity index (χ2n) is 3.72. The second kappa shape index (κ2) is 2.72. The molecule has 1 fully saturated rings. The minimum atomic E-state index is 0.534. The fourth-order valence-electron chi connectivity index (χ4n) is 1.43. The third-order valence-electron chi connectivity index (χ3n) is 2.64. The van der Waals surface area contributed by atoms with Crippen LogP contribution in [0.25, 0.3) is 0 Å². The van der Waals surface area contributed by atoms with Gasteiger partial charge < -0.3 is 4.90 Å². The fourth-order valence-corrected chi connectivity index (χ4v) is 1.43. The molecule has 1 nitrogen and oxygen atoms in total. The molecule has 0 N–H and O–H groups in total. The van der Waals surface area contributed by atoms with Crippen molar-refractivity contribution in [1.82, 2.24) is 4.90 Å². The maximum absolute atomic E-state index is 3.90. The van der Waals surface area contributed by atoms with Gasteiger partial charge in [-0.25, -0.2) is 0 Å². The van der Waals surface area contributed by atoms with Crippen molar-refractivity contribution in [2.24, 2.45) is 5.41 Å². The van der Waals surface area contributed by atoms with E-state index in [9.17, 15) is 0 Å². The molecule has 1 heterocycles. The van der Waals surface area contributed by atoms with E-state index in [1.165, 1.54) is 6.42 Å². The van der Waals surface area contributed by atoms with Gasteiger partial charge in [0.1, 0.15) is 0 Å². The second-order valence-corrected chi connectivity index (χ2v) is 3.72. The van der Waals surface area contributed by atoms with Crippen molar-refractivity contribution >= 4 is 0 Å². The minimum Gasteiger partial charge on any atom is -0.371 e. The largest absolute Gasteiger partial charge is 0.371 e. The first-order chi connectivity index (χ1) is 5.11. The van der Waals surface area contributed by atoms with Crippen molar-refractivity contribution < 1.29 is 0 Å². The summed E-state index contributed by atoms with van der Waals surface area (Å²) >= 11 is 0. The number of nitrogens with zero attached hydrogens (tertiary/aromatic N) is 1. The zero-order valence-electron chi connectivity index (χ0n) is 7.56. The summed E-state index contributed by atoms with van der Waals surface area (Å²) in [5.41, 5.74) is 1.60. The molecule has 0 atom stereocenters. The highest BCUT2D eigenvalue weighted by Crippen LogP contribution is 2.35. The Morgan fingerprint density at radius 2 is 2.18 bits per heavy atom. The van der Waals surface area contributed by atoms with Crippen LogP contribution in [0.3, 0.4) is 0 Å². The Balaban J connectivity index is 2.40. The molecule has 62 valence electrons. The van der Waals surface area contributed by atoms with E-state index in [2.05, 4.69) is 31.9 Å². The average Bonchev–Trinajstić information content (AvgIpc) is 1.97. The third-order valence-corrected chi connectivity index (χ3v) is 2.64. The molecule has 1 saturated heterocycles. The first-order valence-corrected chi connectivity index (χ1v) is 4.17. The van der Waals surface area contributed by atoms with Crippen molar-refractivity contribution in [3.63, 3.8) is 0 Å². The van der Waals surface area contributed by atoms with Gasteiger partial charge in [0, 0.05) is 24.2 Å². The lowest BCUT2D eigenvalue weighted by molar-refractivity contribution is 0.0470. The number of hydrogen-bond donors (Lipinski definition) is 0. The highest BCUT2D eigenvalue weighted by Gasteiger charge is 2.36. The SMILES string of the molecule is C=CC(=C)N1CC(C)(CC)C1. The molecule has 1 rings (SSSR count). The van der Waals surface area contributed by atoms with Crippen LogP contribution in [0.5, 0.6) is 0 Å². The van der Waals surface area contributed by atoms with Crippen LogP contribution in [0.1, 0.15) is 20.3 Å². The van der Waals surface area contributed by atoms with Crippen LogP contribution in [-0.4, -0.2) is 18.0 Å². The molecule has 1 aliphatic rings. The molecular weight excluding hydrogens is 134 g/mol. The molecular formula is C10H17N. The normalized spacial score (nSPS) is 20.7. The first kappa shape index (κ1) is 8.38. The summed E-state index contributed by atoms with van der Waals surface area (Å²) in [4.78, 5) is 2.27. The molecule has 0 aromatic heterocycles. The zero-order chi connectivity index (χ0) is 8.48. The van der Waals surface area contributed by atoms with Gasteiger partial charge in [0.05, 0.1) is 0 Å². The van der Waals surface area contributed by atoms with Crippen molar-refractivity contribution in [3.05, 3.63) is 24.9 Å². The Morgan fingerprint density at radius 1 is 1.64 bits per heavy atom. The molecule has 0 spiro atoms. The summed E-state index contributed by atoms with van der Waals surface area (Å²) in [7, 11) is 0. The van der Waals surface area contributed by atoms with Crippen molar-refractivity contribution in [1.29, 1.82) is 0 Å². The van der Waals surface area contributed by atoms with Crippen molar-refractivity contribution in [2.45, 2.75) is 20.3 Å². The minimum absolute atomic E-state index is 0.534. The number of rotatable bonds is 3. The molecule has 0 amide bonds. The number of likely N-dealkylation sites (tertiary alicyclic amines) is 1. The summed E-state index contributed by atoms with van der Waals surface area (Å²) in [6, 6.07) is 0. The maximum atomic E-state index is 3.90. The molecule has 1 heteroatoms. The molecule has 11 heavy (non-hydrogen) atoms. The smallest absolute Gasteiger partial charge is 0.0287 e. The standard InChI is InChI=1S/C10H17N/c1-5-9(3)11-7-10(4,6-2)8-11/h5H,1,3,6-8H2,2,4H3. The van der Waals surface area contributed by atoms with E-state index in [-0.39, 0.29) is 0 Å². The van der Waals surface area contributed by atoms with Crippen LogP contribution in [0.2, 0.25) is 0 Å². The van der Waals surface area contributed by atoms with Gasteiger partial charge in [0.2, 0.25) is 0 Å². The molecule has 1 aliphatic heterocycles. The quantitative estimate of drug-likeness (QED) is 0.560. The van der Waals surface area contributed by atoms with E-state index in [0.29, 0.717) is 5.41 Å². The van der Waals surface area contributed by atoms with Crippen LogP contribution in [0.15, 0.2) is 24.9 Å². The lowest BCUT2D eigenvalue weighted by atomic mass is 9.79.